The van der Waals surface area contributed by atoms with Crippen LogP contribution in [0.15, 0.2) is 0 Å². The molecule has 0 radical (unpaired) electrons. The average Bonchev–Trinajstić information content (AvgIpc) is 2.75. The van der Waals surface area contributed by atoms with Gasteiger partial charge < -0.3 is 73.1 Å². The van der Waals surface area contributed by atoms with Crippen molar-refractivity contribution < 1.29 is 44.5 Å². The Kier molecular flexibility index (Phi) is 8.79. The molecule has 0 unspecified atom stereocenters. The van der Waals surface area contributed by atoms with E-state index in [1.165, 1.54) is 0 Å². The van der Waals surface area contributed by atoms with Crippen LogP contribution in [0.4, 0.5) is 0 Å². The Morgan fingerprint density at radius 2 is 1.28 bits per heavy atom. The summed E-state index contributed by atoms with van der Waals surface area (Å²) in [4.78, 5) is 0. The van der Waals surface area contributed by atoms with Gasteiger partial charge in [0.2, 0.25) is 0 Å². The number of rotatable bonds is 6. The van der Waals surface area contributed by atoms with Gasteiger partial charge >= 0.3 is 0 Å². The van der Waals surface area contributed by atoms with Gasteiger partial charge in [0.05, 0.1) is 30.9 Å². The van der Waals surface area contributed by atoms with Crippen molar-refractivity contribution in [1.82, 2.24) is 0 Å². The van der Waals surface area contributed by atoms with E-state index < -0.39 is 92.2 Å². The Bertz CT molecular complexity index is 607. The second-order valence-corrected chi connectivity index (χ2v) is 8.78. The van der Waals surface area contributed by atoms with Crippen LogP contribution in [0.5, 0.6) is 0 Å². The molecule has 3 fully saturated rings. The molecule has 2 saturated heterocycles. The van der Waals surface area contributed by atoms with Crippen molar-refractivity contribution in [2.45, 2.75) is 98.4 Å². The van der Waals surface area contributed by atoms with E-state index >= 15 is 0 Å². The third-order valence-electron chi connectivity index (χ3n) is 6.41. The number of aliphatic hydroxyl groups is 5. The molecule has 14 atom stereocenters. The van der Waals surface area contributed by atoms with E-state index in [0.29, 0.717) is 0 Å². The van der Waals surface area contributed by atoms with Crippen LogP contribution in [0, 0.1) is 0 Å². The molecule has 0 aromatic carbocycles. The van der Waals surface area contributed by atoms with Crippen LogP contribution in [-0.4, -0.2) is 124 Å². The quantitative estimate of drug-likeness (QED) is 0.174. The number of nitrogens with two attached hydrogens (primary N) is 5. The van der Waals surface area contributed by atoms with Gasteiger partial charge in [0.25, 0.3) is 0 Å². The molecule has 14 heteroatoms. The summed E-state index contributed by atoms with van der Waals surface area (Å²) < 4.78 is 22.7. The SMILES string of the molecule is NC[C@H]1O[C@H](O[C@H]2[C@H](O)[C@@H](O[C@H]3O[C@H](CO)[C@@H](O)[C@H](N)[C@H]3O)[C@H](N)C[C@@H]2N)[C@H](N)C[C@H]1O. The average molecular weight is 468 g/mol. The maximum absolute atomic E-state index is 11.0. The van der Waals surface area contributed by atoms with Crippen LogP contribution in [0.2, 0.25) is 0 Å². The fraction of sp³-hybridized carbons (Fsp3) is 1.00. The normalized spacial score (nSPS) is 52.7. The second kappa shape index (κ2) is 10.8. The van der Waals surface area contributed by atoms with Crippen molar-refractivity contribution in [3.05, 3.63) is 0 Å². The van der Waals surface area contributed by atoms with E-state index in [4.69, 9.17) is 47.6 Å². The van der Waals surface area contributed by atoms with E-state index in [9.17, 15) is 25.5 Å². The monoisotopic (exact) mass is 467 g/mol. The lowest BCUT2D eigenvalue weighted by Gasteiger charge is -2.47. The zero-order valence-corrected chi connectivity index (χ0v) is 17.7. The maximum Gasteiger partial charge on any atom is 0.186 e. The topological polar surface area (TPSA) is 268 Å². The fourth-order valence-corrected chi connectivity index (χ4v) is 4.43. The van der Waals surface area contributed by atoms with Gasteiger partial charge in [0, 0.05) is 18.6 Å². The summed E-state index contributed by atoms with van der Waals surface area (Å²) in [6.45, 7) is -0.499. The lowest BCUT2D eigenvalue weighted by molar-refractivity contribution is -0.314. The van der Waals surface area contributed by atoms with Gasteiger partial charge in [-0.1, -0.05) is 0 Å². The zero-order valence-electron chi connectivity index (χ0n) is 17.7. The highest BCUT2D eigenvalue weighted by molar-refractivity contribution is 5.01. The van der Waals surface area contributed by atoms with Crippen molar-refractivity contribution in [3.63, 3.8) is 0 Å². The minimum absolute atomic E-state index is 0.0542. The number of aliphatic hydroxyl groups excluding tert-OH is 5. The van der Waals surface area contributed by atoms with Gasteiger partial charge in [-0.05, 0) is 12.8 Å². The van der Waals surface area contributed by atoms with Gasteiger partial charge in [0.1, 0.15) is 36.6 Å². The zero-order chi connectivity index (χ0) is 23.7. The van der Waals surface area contributed by atoms with Crippen LogP contribution in [-0.2, 0) is 18.9 Å². The smallest absolute Gasteiger partial charge is 0.186 e. The third kappa shape index (κ3) is 5.24. The highest BCUT2D eigenvalue weighted by Gasteiger charge is 2.50. The minimum Gasteiger partial charge on any atom is -0.394 e. The van der Waals surface area contributed by atoms with Gasteiger partial charge in [-0.3, -0.25) is 0 Å². The van der Waals surface area contributed by atoms with E-state index in [1.54, 1.807) is 0 Å². The minimum atomic E-state index is -1.44. The first-order valence-corrected chi connectivity index (χ1v) is 10.8. The van der Waals surface area contributed by atoms with E-state index in [1.807, 2.05) is 0 Å². The largest absolute Gasteiger partial charge is 0.394 e. The highest BCUT2D eigenvalue weighted by Crippen LogP contribution is 2.30. The molecule has 188 valence electrons. The van der Waals surface area contributed by atoms with Crippen molar-refractivity contribution in [2.75, 3.05) is 13.2 Å². The van der Waals surface area contributed by atoms with E-state index in [-0.39, 0.29) is 19.4 Å². The molecule has 32 heavy (non-hydrogen) atoms. The van der Waals surface area contributed by atoms with Crippen molar-refractivity contribution in [1.29, 1.82) is 0 Å². The molecule has 0 aromatic heterocycles. The maximum atomic E-state index is 11.0. The van der Waals surface area contributed by atoms with E-state index in [2.05, 4.69) is 0 Å². The summed E-state index contributed by atoms with van der Waals surface area (Å²) in [6.07, 6.45) is -10.8. The first-order chi connectivity index (χ1) is 15.1. The molecular weight excluding hydrogens is 430 g/mol. The van der Waals surface area contributed by atoms with Crippen molar-refractivity contribution in [2.24, 2.45) is 28.7 Å². The molecule has 0 aromatic rings. The number of hydrogen-bond donors (Lipinski definition) is 10. The Balaban J connectivity index is 1.70. The standard InChI is InChI=1S/C18H37N5O9/c19-3-9-8(25)2-7(22)17(29-9)31-15-5(20)1-6(21)16(14(15)28)32-18-13(27)11(23)12(26)10(4-24)30-18/h5-18,24-28H,1-4,19-23H2/t5-,6+,7+,8+,9+,10+,11-,12+,13+,14-,15+,16-,17+,18+/m0/s1. The Hall–Kier alpha value is -0.560. The van der Waals surface area contributed by atoms with Crippen LogP contribution in [0.25, 0.3) is 0 Å². The summed E-state index contributed by atoms with van der Waals surface area (Å²) in [6, 6.07) is -3.27. The summed E-state index contributed by atoms with van der Waals surface area (Å²) in [7, 11) is 0. The van der Waals surface area contributed by atoms with Gasteiger partial charge in [-0.15, -0.1) is 0 Å². The van der Waals surface area contributed by atoms with Crippen LogP contribution < -0.4 is 28.7 Å². The second-order valence-electron chi connectivity index (χ2n) is 8.78. The molecule has 1 saturated carbocycles. The van der Waals surface area contributed by atoms with Crippen LogP contribution >= 0.6 is 0 Å². The molecule has 0 amide bonds. The highest BCUT2D eigenvalue weighted by atomic mass is 16.7. The predicted molar refractivity (Wildman–Crippen MR) is 108 cm³/mol. The van der Waals surface area contributed by atoms with Gasteiger partial charge in [-0.2, -0.15) is 0 Å². The van der Waals surface area contributed by atoms with E-state index in [0.717, 1.165) is 0 Å². The number of ether oxygens (including phenoxy) is 4. The molecule has 0 spiro atoms. The molecule has 15 N–H and O–H groups in total. The molecule has 14 nitrogen and oxygen atoms in total. The molecule has 2 aliphatic heterocycles. The lowest BCUT2D eigenvalue weighted by atomic mass is 9.84. The molecule has 1 aliphatic carbocycles. The van der Waals surface area contributed by atoms with Crippen LogP contribution in [0.1, 0.15) is 12.8 Å². The van der Waals surface area contributed by atoms with Crippen molar-refractivity contribution >= 4 is 0 Å². The molecule has 0 bridgehead atoms. The number of hydrogen-bond acceptors (Lipinski definition) is 14. The first-order valence-electron chi connectivity index (χ1n) is 10.8. The molecule has 3 aliphatic rings. The summed E-state index contributed by atoms with van der Waals surface area (Å²) >= 11 is 0. The van der Waals surface area contributed by atoms with Gasteiger partial charge in [0.15, 0.2) is 12.6 Å². The first kappa shape index (κ1) is 26.1. The third-order valence-corrected chi connectivity index (χ3v) is 6.41. The Labute approximate surface area is 185 Å². The Morgan fingerprint density at radius 1 is 0.719 bits per heavy atom. The Morgan fingerprint density at radius 3 is 1.84 bits per heavy atom. The molecule has 2 heterocycles. The molecular formula is C18H37N5O9. The summed E-state index contributed by atoms with van der Waals surface area (Å²) in [5, 5.41) is 50.7. The van der Waals surface area contributed by atoms with Crippen molar-refractivity contribution in [3.8, 4) is 0 Å². The molecule has 3 rings (SSSR count). The summed E-state index contributed by atoms with van der Waals surface area (Å²) in [5.74, 6) is 0. The lowest BCUT2D eigenvalue weighted by Crippen LogP contribution is -2.68. The predicted octanol–water partition coefficient (Wildman–Crippen LogP) is -6.30. The van der Waals surface area contributed by atoms with Crippen LogP contribution in [0.3, 0.4) is 0 Å². The van der Waals surface area contributed by atoms with Gasteiger partial charge in [-0.25, -0.2) is 0 Å². The fourth-order valence-electron chi connectivity index (χ4n) is 4.43. The summed E-state index contributed by atoms with van der Waals surface area (Å²) in [5.41, 5.74) is 29.8.